The highest BCUT2D eigenvalue weighted by molar-refractivity contribution is 5.07. The van der Waals surface area contributed by atoms with Gasteiger partial charge in [-0.25, -0.2) is 0 Å². The average molecular weight is 279 g/mol. The monoisotopic (exact) mass is 279 g/mol. The molecule has 2 aliphatic rings. The van der Waals surface area contributed by atoms with Crippen LogP contribution in [0.3, 0.4) is 0 Å². The Morgan fingerprint density at radius 2 is 1.70 bits per heavy atom. The summed E-state index contributed by atoms with van der Waals surface area (Å²) >= 11 is 0. The Balaban J connectivity index is 1.82. The summed E-state index contributed by atoms with van der Waals surface area (Å²) in [6.07, 6.45) is 9.86. The Bertz CT molecular complexity index is 444. The second-order valence-corrected chi connectivity index (χ2v) is 6.53. The van der Waals surface area contributed by atoms with Crippen molar-refractivity contribution in [3.05, 3.63) is 11.7 Å². The van der Waals surface area contributed by atoms with Gasteiger partial charge in [-0.1, -0.05) is 30.8 Å². The van der Waals surface area contributed by atoms with Crippen LogP contribution in [0.1, 0.15) is 76.4 Å². The summed E-state index contributed by atoms with van der Waals surface area (Å²) in [5.41, 5.74) is 5.69. The van der Waals surface area contributed by atoms with Crippen LogP contribution in [0.2, 0.25) is 0 Å². The summed E-state index contributed by atoms with van der Waals surface area (Å²) in [5, 5.41) is 4.17. The van der Waals surface area contributed by atoms with Crippen molar-refractivity contribution in [3.63, 3.8) is 0 Å². The Morgan fingerprint density at radius 3 is 2.35 bits per heavy atom. The van der Waals surface area contributed by atoms with E-state index < -0.39 is 11.1 Å². The Kier molecular flexibility index (Phi) is 3.82. The van der Waals surface area contributed by atoms with Crippen LogP contribution in [0, 0.1) is 0 Å². The van der Waals surface area contributed by atoms with Crippen molar-refractivity contribution in [2.45, 2.75) is 75.9 Å². The molecule has 112 valence electrons. The summed E-state index contributed by atoms with van der Waals surface area (Å²) in [5.74, 6) is 1.27. The molecule has 0 aromatic carbocycles. The molecule has 1 saturated heterocycles. The van der Waals surface area contributed by atoms with Gasteiger partial charge in [0.1, 0.15) is 5.60 Å². The summed E-state index contributed by atoms with van der Waals surface area (Å²) in [7, 11) is 0. The van der Waals surface area contributed by atoms with Crippen molar-refractivity contribution >= 4 is 0 Å². The number of hydrogen-bond donors (Lipinski definition) is 1. The molecule has 2 fully saturated rings. The largest absolute Gasteiger partial charge is 0.367 e. The molecule has 5 heteroatoms. The fourth-order valence-corrected chi connectivity index (χ4v) is 3.32. The second kappa shape index (κ2) is 5.45. The molecule has 0 radical (unpaired) electrons. The zero-order chi connectivity index (χ0) is 14.1. The molecule has 1 atom stereocenters. The number of nitrogens with zero attached hydrogens (tertiary/aromatic N) is 2. The Morgan fingerprint density at radius 1 is 1.00 bits per heavy atom. The van der Waals surface area contributed by atoms with E-state index in [0.717, 1.165) is 51.6 Å². The van der Waals surface area contributed by atoms with E-state index in [-0.39, 0.29) is 0 Å². The second-order valence-electron chi connectivity index (χ2n) is 6.53. The first kappa shape index (κ1) is 14.0. The first-order chi connectivity index (χ1) is 9.62. The van der Waals surface area contributed by atoms with Crippen LogP contribution < -0.4 is 5.73 Å². The van der Waals surface area contributed by atoms with Gasteiger partial charge in [0.05, 0.1) is 5.54 Å². The van der Waals surface area contributed by atoms with Crippen molar-refractivity contribution < 1.29 is 9.26 Å². The summed E-state index contributed by atoms with van der Waals surface area (Å²) < 4.78 is 11.4. The van der Waals surface area contributed by atoms with Gasteiger partial charge in [0.25, 0.3) is 0 Å². The molecule has 2 heterocycles. The lowest BCUT2D eigenvalue weighted by atomic mass is 9.91. The van der Waals surface area contributed by atoms with Crippen LogP contribution in [0.25, 0.3) is 0 Å². The van der Waals surface area contributed by atoms with E-state index in [1.807, 2.05) is 0 Å². The first-order valence-electron chi connectivity index (χ1n) is 7.90. The molecule has 0 amide bonds. The summed E-state index contributed by atoms with van der Waals surface area (Å²) in [6.45, 7) is 2.82. The summed E-state index contributed by atoms with van der Waals surface area (Å²) in [4.78, 5) is 4.62. The predicted molar refractivity (Wildman–Crippen MR) is 75.0 cm³/mol. The lowest BCUT2D eigenvalue weighted by molar-refractivity contribution is -0.0770. The third-order valence-corrected chi connectivity index (χ3v) is 4.79. The molecule has 5 nitrogen and oxygen atoms in total. The van der Waals surface area contributed by atoms with Gasteiger partial charge in [0, 0.05) is 6.61 Å². The van der Waals surface area contributed by atoms with Crippen LogP contribution in [0.5, 0.6) is 0 Å². The van der Waals surface area contributed by atoms with Gasteiger partial charge in [0.2, 0.25) is 11.7 Å². The smallest absolute Gasteiger partial charge is 0.246 e. The van der Waals surface area contributed by atoms with Crippen molar-refractivity contribution in [1.29, 1.82) is 0 Å². The van der Waals surface area contributed by atoms with Crippen molar-refractivity contribution in [2.75, 3.05) is 6.61 Å². The maximum Gasteiger partial charge on any atom is 0.246 e. The molecule has 2 N–H and O–H groups in total. The van der Waals surface area contributed by atoms with Gasteiger partial charge in [0.15, 0.2) is 0 Å². The van der Waals surface area contributed by atoms with Crippen LogP contribution in [-0.2, 0) is 15.9 Å². The normalized spacial score (nSPS) is 30.9. The molecule has 1 aromatic rings. The van der Waals surface area contributed by atoms with Crippen LogP contribution >= 0.6 is 0 Å². The molecule has 0 bridgehead atoms. The minimum atomic E-state index is -0.438. The van der Waals surface area contributed by atoms with Crippen molar-refractivity contribution in [3.8, 4) is 0 Å². The Hall–Kier alpha value is -0.940. The molecule has 1 saturated carbocycles. The maximum absolute atomic E-state index is 6.53. The van der Waals surface area contributed by atoms with E-state index in [1.165, 1.54) is 12.8 Å². The van der Waals surface area contributed by atoms with Gasteiger partial charge in [-0.15, -0.1) is 0 Å². The standard InChI is InChI=1S/C15H25N3O2/c1-14(8-6-7-11-19-14)12-17-13(20-18-12)15(16)9-4-2-3-5-10-15/h2-11,16H2,1H3. The van der Waals surface area contributed by atoms with E-state index in [0.29, 0.717) is 11.7 Å². The van der Waals surface area contributed by atoms with E-state index in [4.69, 9.17) is 15.0 Å². The van der Waals surface area contributed by atoms with Gasteiger partial charge >= 0.3 is 0 Å². The quantitative estimate of drug-likeness (QED) is 0.842. The molecule has 1 unspecified atom stereocenters. The Labute approximate surface area is 120 Å². The van der Waals surface area contributed by atoms with Gasteiger partial charge < -0.3 is 15.0 Å². The lowest BCUT2D eigenvalue weighted by Crippen LogP contribution is -2.37. The molecule has 1 aromatic heterocycles. The molecular formula is C15H25N3O2. The lowest BCUT2D eigenvalue weighted by Gasteiger charge is -2.30. The first-order valence-corrected chi connectivity index (χ1v) is 7.90. The predicted octanol–water partition coefficient (Wildman–Crippen LogP) is 2.99. The van der Waals surface area contributed by atoms with Gasteiger partial charge in [-0.2, -0.15) is 4.98 Å². The maximum atomic E-state index is 6.53. The number of hydrogen-bond acceptors (Lipinski definition) is 5. The highest BCUT2D eigenvalue weighted by Crippen LogP contribution is 2.36. The highest BCUT2D eigenvalue weighted by Gasteiger charge is 2.39. The minimum absolute atomic E-state index is 0.402. The average Bonchev–Trinajstić information content (AvgIpc) is 2.86. The van der Waals surface area contributed by atoms with E-state index in [9.17, 15) is 0 Å². The van der Waals surface area contributed by atoms with Gasteiger partial charge in [-0.05, 0) is 39.0 Å². The van der Waals surface area contributed by atoms with Gasteiger partial charge in [-0.3, -0.25) is 0 Å². The van der Waals surface area contributed by atoms with Crippen LogP contribution in [0.4, 0.5) is 0 Å². The molecule has 1 aliphatic heterocycles. The molecular weight excluding hydrogens is 254 g/mol. The van der Waals surface area contributed by atoms with Crippen LogP contribution in [0.15, 0.2) is 4.52 Å². The topological polar surface area (TPSA) is 74.2 Å². The number of nitrogens with two attached hydrogens (primary N) is 1. The SMILES string of the molecule is CC1(c2noc(C3(N)CCCCCC3)n2)CCCCO1. The summed E-state index contributed by atoms with van der Waals surface area (Å²) in [6, 6.07) is 0. The third kappa shape index (κ3) is 2.61. The number of rotatable bonds is 2. The fraction of sp³-hybridized carbons (Fsp3) is 0.867. The molecule has 3 rings (SSSR count). The number of ether oxygens (including phenoxy) is 1. The molecule has 1 aliphatic carbocycles. The minimum Gasteiger partial charge on any atom is -0.367 e. The van der Waals surface area contributed by atoms with Crippen molar-refractivity contribution in [2.24, 2.45) is 5.73 Å². The van der Waals surface area contributed by atoms with E-state index >= 15 is 0 Å². The third-order valence-electron chi connectivity index (χ3n) is 4.79. The highest BCUT2D eigenvalue weighted by atomic mass is 16.5. The fourth-order valence-electron chi connectivity index (χ4n) is 3.32. The molecule has 0 spiro atoms. The molecule has 20 heavy (non-hydrogen) atoms. The van der Waals surface area contributed by atoms with Crippen molar-refractivity contribution in [1.82, 2.24) is 10.1 Å². The zero-order valence-corrected chi connectivity index (χ0v) is 12.4. The van der Waals surface area contributed by atoms with E-state index in [2.05, 4.69) is 17.1 Å². The number of aromatic nitrogens is 2. The van der Waals surface area contributed by atoms with Crippen LogP contribution in [-0.4, -0.2) is 16.7 Å². The van der Waals surface area contributed by atoms with E-state index in [1.54, 1.807) is 0 Å². The zero-order valence-electron chi connectivity index (χ0n) is 12.4.